The molecule has 0 amide bonds. The Balaban J connectivity index is 2.10. The Morgan fingerprint density at radius 2 is 1.90 bits per heavy atom. The lowest BCUT2D eigenvalue weighted by molar-refractivity contribution is 0.626. The van der Waals surface area contributed by atoms with Crippen molar-refractivity contribution in [1.82, 2.24) is 4.98 Å². The number of anilines is 1. The number of aromatic nitrogens is 1. The highest BCUT2D eigenvalue weighted by molar-refractivity contribution is 6.33. The molecular formula is C16H12ClFN2. The molecule has 100 valence electrons. The van der Waals surface area contributed by atoms with Crippen LogP contribution in [0.3, 0.4) is 0 Å². The fourth-order valence-electron chi connectivity index (χ4n) is 2.30. The molecule has 0 bridgehead atoms. The summed E-state index contributed by atoms with van der Waals surface area (Å²) < 4.78 is 13.5. The fraction of sp³-hybridized carbons (Fsp3) is 0.0625. The summed E-state index contributed by atoms with van der Waals surface area (Å²) in [5.74, 6) is -0.377. The summed E-state index contributed by atoms with van der Waals surface area (Å²) >= 11 is 5.93. The Kier molecular flexibility index (Phi) is 3.28. The Hall–Kier alpha value is -2.13. The molecule has 0 radical (unpaired) electrons. The van der Waals surface area contributed by atoms with Crippen LogP contribution in [0.1, 0.15) is 11.1 Å². The molecule has 0 saturated heterocycles. The van der Waals surface area contributed by atoms with Gasteiger partial charge in [0.2, 0.25) is 0 Å². The summed E-state index contributed by atoms with van der Waals surface area (Å²) in [6, 6.07) is 12.4. The highest BCUT2D eigenvalue weighted by Gasteiger charge is 2.09. The minimum absolute atomic E-state index is 0.248. The van der Waals surface area contributed by atoms with Gasteiger partial charge in [-0.05, 0) is 35.4 Å². The third-order valence-electron chi connectivity index (χ3n) is 3.30. The van der Waals surface area contributed by atoms with Gasteiger partial charge in [-0.1, -0.05) is 29.8 Å². The highest BCUT2D eigenvalue weighted by Crippen LogP contribution is 2.28. The molecule has 3 aromatic rings. The number of nitrogen functional groups attached to an aromatic ring is 1. The topological polar surface area (TPSA) is 38.9 Å². The number of pyridine rings is 1. The van der Waals surface area contributed by atoms with E-state index in [9.17, 15) is 4.39 Å². The largest absolute Gasteiger partial charge is 0.397 e. The number of para-hydroxylation sites is 1. The van der Waals surface area contributed by atoms with E-state index in [2.05, 4.69) is 4.98 Å². The van der Waals surface area contributed by atoms with Gasteiger partial charge in [0, 0.05) is 18.0 Å². The standard InChI is InChI=1S/C16H12ClFN2/c17-14-9-12(18)8-11(16(14)19)7-10-5-6-20-15-4-2-1-3-13(10)15/h1-6,8-9H,7,19H2. The first-order valence-electron chi connectivity index (χ1n) is 6.21. The zero-order chi connectivity index (χ0) is 14.1. The average Bonchev–Trinajstić information content (AvgIpc) is 2.44. The summed E-state index contributed by atoms with van der Waals surface area (Å²) in [5.41, 5.74) is 8.99. The van der Waals surface area contributed by atoms with E-state index in [1.165, 1.54) is 12.1 Å². The second-order valence-corrected chi connectivity index (χ2v) is 5.03. The maximum atomic E-state index is 13.5. The van der Waals surface area contributed by atoms with Gasteiger partial charge >= 0.3 is 0 Å². The molecule has 3 rings (SSSR count). The summed E-state index contributed by atoms with van der Waals surface area (Å²) in [7, 11) is 0. The fourth-order valence-corrected chi connectivity index (χ4v) is 2.52. The van der Waals surface area contributed by atoms with Crippen LogP contribution in [0.15, 0.2) is 48.7 Å². The van der Waals surface area contributed by atoms with Crippen LogP contribution in [0.4, 0.5) is 10.1 Å². The summed E-state index contributed by atoms with van der Waals surface area (Å²) in [6.07, 6.45) is 2.26. The monoisotopic (exact) mass is 286 g/mol. The van der Waals surface area contributed by atoms with Crippen molar-refractivity contribution in [2.75, 3.05) is 5.73 Å². The lowest BCUT2D eigenvalue weighted by Gasteiger charge is -2.10. The quantitative estimate of drug-likeness (QED) is 0.717. The van der Waals surface area contributed by atoms with Gasteiger partial charge in [0.15, 0.2) is 0 Å². The van der Waals surface area contributed by atoms with Crippen molar-refractivity contribution in [1.29, 1.82) is 0 Å². The van der Waals surface area contributed by atoms with Crippen LogP contribution in [0.5, 0.6) is 0 Å². The second-order valence-electron chi connectivity index (χ2n) is 4.62. The normalized spacial score (nSPS) is 10.9. The molecule has 0 spiro atoms. The van der Waals surface area contributed by atoms with Crippen molar-refractivity contribution in [3.8, 4) is 0 Å². The Labute approximate surface area is 121 Å². The van der Waals surface area contributed by atoms with Gasteiger partial charge in [0.05, 0.1) is 16.2 Å². The molecule has 0 aliphatic rings. The second kappa shape index (κ2) is 5.10. The van der Waals surface area contributed by atoms with E-state index in [1.807, 2.05) is 30.3 Å². The maximum Gasteiger partial charge on any atom is 0.125 e. The third-order valence-corrected chi connectivity index (χ3v) is 3.61. The van der Waals surface area contributed by atoms with Crippen LogP contribution in [0.2, 0.25) is 5.02 Å². The van der Waals surface area contributed by atoms with E-state index < -0.39 is 0 Å². The van der Waals surface area contributed by atoms with Gasteiger partial charge in [-0.3, -0.25) is 4.98 Å². The van der Waals surface area contributed by atoms with E-state index in [0.717, 1.165) is 16.5 Å². The molecule has 0 aliphatic carbocycles. The smallest absolute Gasteiger partial charge is 0.125 e. The van der Waals surface area contributed by atoms with Crippen LogP contribution >= 0.6 is 11.6 Å². The summed E-state index contributed by atoms with van der Waals surface area (Å²) in [5, 5.41) is 1.29. The maximum absolute atomic E-state index is 13.5. The van der Waals surface area contributed by atoms with Gasteiger partial charge < -0.3 is 5.73 Å². The van der Waals surface area contributed by atoms with Crippen molar-refractivity contribution < 1.29 is 4.39 Å². The molecule has 2 nitrogen and oxygen atoms in total. The van der Waals surface area contributed by atoms with Crippen LogP contribution in [-0.4, -0.2) is 4.98 Å². The Bertz CT molecular complexity index is 781. The lowest BCUT2D eigenvalue weighted by atomic mass is 10.00. The first-order valence-corrected chi connectivity index (χ1v) is 6.59. The minimum Gasteiger partial charge on any atom is -0.397 e. The van der Waals surface area contributed by atoms with Gasteiger partial charge in [0.1, 0.15) is 5.82 Å². The molecule has 1 heterocycles. The lowest BCUT2D eigenvalue weighted by Crippen LogP contribution is -1.99. The van der Waals surface area contributed by atoms with Crippen molar-refractivity contribution in [2.45, 2.75) is 6.42 Å². The Morgan fingerprint density at radius 3 is 2.75 bits per heavy atom. The molecule has 20 heavy (non-hydrogen) atoms. The van der Waals surface area contributed by atoms with E-state index in [4.69, 9.17) is 17.3 Å². The number of nitrogens with zero attached hydrogens (tertiary/aromatic N) is 1. The van der Waals surface area contributed by atoms with Crippen LogP contribution in [-0.2, 0) is 6.42 Å². The molecule has 2 N–H and O–H groups in total. The van der Waals surface area contributed by atoms with Gasteiger partial charge in [-0.25, -0.2) is 4.39 Å². The molecule has 0 aliphatic heterocycles. The van der Waals surface area contributed by atoms with Crippen LogP contribution in [0, 0.1) is 5.82 Å². The number of hydrogen-bond acceptors (Lipinski definition) is 2. The van der Waals surface area contributed by atoms with E-state index in [1.54, 1.807) is 6.20 Å². The molecule has 2 aromatic carbocycles. The van der Waals surface area contributed by atoms with Crippen molar-refractivity contribution in [3.63, 3.8) is 0 Å². The molecule has 0 atom stereocenters. The zero-order valence-electron chi connectivity index (χ0n) is 10.6. The first kappa shape index (κ1) is 12.9. The number of rotatable bonds is 2. The number of halogens is 2. The zero-order valence-corrected chi connectivity index (χ0v) is 11.4. The molecule has 0 fully saturated rings. The molecule has 1 aromatic heterocycles. The Morgan fingerprint density at radius 1 is 1.10 bits per heavy atom. The predicted molar refractivity (Wildman–Crippen MR) is 80.4 cm³/mol. The number of benzene rings is 2. The number of nitrogens with two attached hydrogens (primary N) is 1. The molecule has 4 heteroatoms. The number of hydrogen-bond donors (Lipinski definition) is 1. The minimum atomic E-state index is -0.377. The highest BCUT2D eigenvalue weighted by atomic mass is 35.5. The number of fused-ring (bicyclic) bond motifs is 1. The summed E-state index contributed by atoms with van der Waals surface area (Å²) in [6.45, 7) is 0. The average molecular weight is 287 g/mol. The molecule has 0 saturated carbocycles. The van der Waals surface area contributed by atoms with E-state index >= 15 is 0 Å². The van der Waals surface area contributed by atoms with Gasteiger partial charge in [-0.15, -0.1) is 0 Å². The van der Waals surface area contributed by atoms with Gasteiger partial charge in [0.25, 0.3) is 0 Å². The van der Waals surface area contributed by atoms with E-state index in [-0.39, 0.29) is 10.8 Å². The van der Waals surface area contributed by atoms with E-state index in [0.29, 0.717) is 17.7 Å². The SMILES string of the molecule is Nc1c(Cl)cc(F)cc1Cc1ccnc2ccccc12. The predicted octanol–water partition coefficient (Wildman–Crippen LogP) is 4.20. The molecule has 0 unspecified atom stereocenters. The van der Waals surface area contributed by atoms with Crippen molar-refractivity contribution in [3.05, 3.63) is 70.6 Å². The first-order chi connectivity index (χ1) is 9.65. The van der Waals surface area contributed by atoms with Crippen LogP contribution < -0.4 is 5.73 Å². The van der Waals surface area contributed by atoms with Crippen LogP contribution in [0.25, 0.3) is 10.9 Å². The van der Waals surface area contributed by atoms with Crippen molar-refractivity contribution in [2.24, 2.45) is 0 Å². The molecular weight excluding hydrogens is 275 g/mol. The van der Waals surface area contributed by atoms with Gasteiger partial charge in [-0.2, -0.15) is 0 Å². The van der Waals surface area contributed by atoms with Crippen molar-refractivity contribution >= 4 is 28.2 Å². The third kappa shape index (κ3) is 2.32. The summed E-state index contributed by atoms with van der Waals surface area (Å²) in [4.78, 5) is 4.31.